The molecule has 0 atom stereocenters. The molecule has 0 fully saturated rings. The lowest BCUT2D eigenvalue weighted by Crippen LogP contribution is -1.80. The molecule has 13 heavy (non-hydrogen) atoms. The van der Waals surface area contributed by atoms with Gasteiger partial charge in [-0.05, 0) is 29.1 Å². The highest BCUT2D eigenvalue weighted by Crippen LogP contribution is 2.28. The second kappa shape index (κ2) is 3.35. The number of hydrogen-bond acceptors (Lipinski definition) is 1. The Labute approximate surface area is 86.3 Å². The van der Waals surface area contributed by atoms with E-state index in [0.717, 1.165) is 16.9 Å². The number of hydrogen-bond donors (Lipinski definition) is 0. The lowest BCUT2D eigenvalue weighted by atomic mass is 10.2. The van der Waals surface area contributed by atoms with Crippen molar-refractivity contribution >= 4 is 37.4 Å². The maximum atomic E-state index is 13.3. The Morgan fingerprint density at radius 1 is 1.23 bits per heavy atom. The number of benzene rings is 1. The molecular formula is C9H5BrF2S. The minimum absolute atomic E-state index is 0.346. The smallest absolute Gasteiger partial charge is 0.177 e. The Bertz CT molecular complexity index is 450. The van der Waals surface area contributed by atoms with Crippen molar-refractivity contribution in [3.05, 3.63) is 34.7 Å². The van der Waals surface area contributed by atoms with E-state index in [2.05, 4.69) is 15.9 Å². The maximum absolute atomic E-state index is 13.3. The average Bonchev–Trinajstić information content (AvgIpc) is 2.46. The third-order valence-corrected chi connectivity index (χ3v) is 3.35. The topological polar surface area (TPSA) is 0 Å². The Hall–Kier alpha value is -0.480. The molecule has 0 nitrogen and oxygen atoms in total. The highest BCUT2D eigenvalue weighted by atomic mass is 79.9. The van der Waals surface area contributed by atoms with Crippen molar-refractivity contribution in [1.82, 2.24) is 0 Å². The molecule has 1 aromatic carbocycles. The van der Waals surface area contributed by atoms with Crippen molar-refractivity contribution in [1.29, 1.82) is 0 Å². The molecule has 68 valence electrons. The number of fused-ring (bicyclic) bond motifs is 1. The lowest BCUT2D eigenvalue weighted by molar-refractivity contribution is 0.640. The zero-order valence-corrected chi connectivity index (χ0v) is 8.88. The quantitative estimate of drug-likeness (QED) is 0.680. The van der Waals surface area contributed by atoms with E-state index in [0.29, 0.717) is 15.4 Å². The average molecular weight is 263 g/mol. The van der Waals surface area contributed by atoms with Gasteiger partial charge < -0.3 is 0 Å². The third-order valence-electron chi connectivity index (χ3n) is 1.75. The molecular weight excluding hydrogens is 258 g/mol. The highest BCUT2D eigenvalue weighted by Gasteiger charge is 2.07. The first-order valence-corrected chi connectivity index (χ1v) is 5.58. The molecule has 0 saturated carbocycles. The van der Waals surface area contributed by atoms with Gasteiger partial charge >= 0.3 is 0 Å². The summed E-state index contributed by atoms with van der Waals surface area (Å²) in [5, 5.41) is 0.870. The Morgan fingerprint density at radius 3 is 2.69 bits per heavy atom. The van der Waals surface area contributed by atoms with Crippen LogP contribution in [0.2, 0.25) is 0 Å². The third kappa shape index (κ3) is 1.60. The normalized spacial score (nSPS) is 11.0. The van der Waals surface area contributed by atoms with Gasteiger partial charge in [0.15, 0.2) is 5.13 Å². The molecule has 0 radical (unpaired) electrons. The largest absolute Gasteiger partial charge is 0.205 e. The van der Waals surface area contributed by atoms with Gasteiger partial charge in [-0.1, -0.05) is 15.9 Å². The van der Waals surface area contributed by atoms with Gasteiger partial charge in [0.25, 0.3) is 0 Å². The van der Waals surface area contributed by atoms with E-state index in [1.165, 1.54) is 12.1 Å². The summed E-state index contributed by atoms with van der Waals surface area (Å²) in [6, 6.07) is 4.56. The fourth-order valence-electron chi connectivity index (χ4n) is 1.21. The van der Waals surface area contributed by atoms with Gasteiger partial charge in [0.05, 0.1) is 4.70 Å². The van der Waals surface area contributed by atoms with E-state index in [1.54, 1.807) is 6.07 Å². The van der Waals surface area contributed by atoms with Crippen LogP contribution in [-0.2, 0) is 5.33 Å². The number of alkyl halides is 1. The Kier molecular flexibility index (Phi) is 2.34. The van der Waals surface area contributed by atoms with Crippen LogP contribution in [0.5, 0.6) is 0 Å². The molecule has 2 rings (SSSR count). The van der Waals surface area contributed by atoms with Crippen LogP contribution < -0.4 is 0 Å². The van der Waals surface area contributed by atoms with Gasteiger partial charge in [0.2, 0.25) is 0 Å². The fraction of sp³-hybridized carbons (Fsp3) is 0.111. The monoisotopic (exact) mass is 262 g/mol. The van der Waals surface area contributed by atoms with Gasteiger partial charge in [-0.3, -0.25) is 0 Å². The van der Waals surface area contributed by atoms with Gasteiger partial charge in [-0.25, -0.2) is 4.39 Å². The minimum Gasteiger partial charge on any atom is -0.205 e. The zero-order valence-electron chi connectivity index (χ0n) is 6.48. The van der Waals surface area contributed by atoms with Gasteiger partial charge in [-0.15, -0.1) is 11.3 Å². The van der Waals surface area contributed by atoms with Crippen molar-refractivity contribution in [2.24, 2.45) is 0 Å². The highest BCUT2D eigenvalue weighted by molar-refractivity contribution is 9.08. The zero-order chi connectivity index (χ0) is 9.42. The maximum Gasteiger partial charge on any atom is 0.177 e. The molecule has 0 N–H and O–H groups in total. The standard InChI is InChI=1S/C9H5BrF2S/c10-4-5-1-6-3-8(12)13-9(6)7(11)2-5/h1-3H,4H2. The Balaban J connectivity index is 2.75. The molecule has 0 bridgehead atoms. The molecule has 0 amide bonds. The molecule has 1 heterocycles. The molecule has 4 heteroatoms. The number of rotatable bonds is 1. The van der Waals surface area contributed by atoms with E-state index in [9.17, 15) is 8.78 Å². The molecule has 1 aromatic heterocycles. The van der Waals surface area contributed by atoms with Crippen LogP contribution in [0, 0.1) is 10.9 Å². The second-order valence-electron chi connectivity index (χ2n) is 2.68. The minimum atomic E-state index is -0.347. The van der Waals surface area contributed by atoms with Crippen LogP contribution in [0.25, 0.3) is 10.1 Å². The van der Waals surface area contributed by atoms with E-state index in [-0.39, 0.29) is 10.9 Å². The number of halogens is 3. The van der Waals surface area contributed by atoms with E-state index < -0.39 is 0 Å². The van der Waals surface area contributed by atoms with Crippen LogP contribution in [0.4, 0.5) is 8.78 Å². The number of thiophene rings is 1. The first-order chi connectivity index (χ1) is 6.20. The fourth-order valence-corrected chi connectivity index (χ4v) is 2.31. The van der Waals surface area contributed by atoms with Gasteiger partial charge in [0.1, 0.15) is 5.82 Å². The summed E-state index contributed by atoms with van der Waals surface area (Å²) in [5.74, 6) is -0.346. The molecule has 0 unspecified atom stereocenters. The van der Waals surface area contributed by atoms with Crippen molar-refractivity contribution in [3.8, 4) is 0 Å². The molecule has 0 aliphatic heterocycles. The predicted molar refractivity (Wildman–Crippen MR) is 54.4 cm³/mol. The molecule has 0 saturated heterocycles. The summed E-state index contributed by atoms with van der Waals surface area (Å²) >= 11 is 4.07. The van der Waals surface area contributed by atoms with Gasteiger partial charge in [0, 0.05) is 5.33 Å². The van der Waals surface area contributed by atoms with Crippen LogP contribution in [-0.4, -0.2) is 0 Å². The SMILES string of the molecule is Fc1cc2cc(CBr)cc(F)c2s1. The van der Waals surface area contributed by atoms with Crippen molar-refractivity contribution < 1.29 is 8.78 Å². The summed E-state index contributed by atoms with van der Waals surface area (Å²) in [6.07, 6.45) is 0. The van der Waals surface area contributed by atoms with Crippen molar-refractivity contribution in [2.45, 2.75) is 5.33 Å². The summed E-state index contributed by atoms with van der Waals surface area (Å²) in [7, 11) is 0. The molecule has 0 aliphatic rings. The first kappa shape index (κ1) is 9.09. The van der Waals surface area contributed by atoms with Crippen LogP contribution in [0.3, 0.4) is 0 Å². The molecule has 2 aromatic rings. The molecule has 0 spiro atoms. The van der Waals surface area contributed by atoms with E-state index in [4.69, 9.17) is 0 Å². The second-order valence-corrected chi connectivity index (χ2v) is 4.24. The first-order valence-electron chi connectivity index (χ1n) is 3.64. The molecule has 0 aliphatic carbocycles. The van der Waals surface area contributed by atoms with Crippen molar-refractivity contribution in [3.63, 3.8) is 0 Å². The van der Waals surface area contributed by atoms with Crippen molar-refractivity contribution in [2.75, 3.05) is 0 Å². The Morgan fingerprint density at radius 2 is 2.00 bits per heavy atom. The van der Waals surface area contributed by atoms with Crippen LogP contribution in [0.15, 0.2) is 18.2 Å². The predicted octanol–water partition coefficient (Wildman–Crippen LogP) is 4.07. The summed E-state index contributed by atoms with van der Waals surface area (Å²) in [4.78, 5) is 0. The summed E-state index contributed by atoms with van der Waals surface area (Å²) < 4.78 is 26.4. The summed E-state index contributed by atoms with van der Waals surface area (Å²) in [5.41, 5.74) is 0.822. The van der Waals surface area contributed by atoms with E-state index in [1.807, 2.05) is 0 Å². The lowest BCUT2D eigenvalue weighted by Gasteiger charge is -1.96. The summed E-state index contributed by atoms with van der Waals surface area (Å²) in [6.45, 7) is 0. The van der Waals surface area contributed by atoms with Gasteiger partial charge in [-0.2, -0.15) is 4.39 Å². The van der Waals surface area contributed by atoms with Crippen LogP contribution >= 0.6 is 27.3 Å². The van der Waals surface area contributed by atoms with Crippen LogP contribution in [0.1, 0.15) is 5.56 Å². The van der Waals surface area contributed by atoms with E-state index >= 15 is 0 Å².